The van der Waals surface area contributed by atoms with Crippen molar-refractivity contribution in [3.05, 3.63) is 83.7 Å². The molecule has 1 aromatic heterocycles. The van der Waals surface area contributed by atoms with E-state index in [2.05, 4.69) is 6.58 Å². The third-order valence-corrected chi connectivity index (χ3v) is 3.44. The van der Waals surface area contributed by atoms with E-state index in [0.717, 1.165) is 5.56 Å². The molecule has 24 heavy (non-hydrogen) atoms. The van der Waals surface area contributed by atoms with E-state index in [0.29, 0.717) is 11.3 Å². The molecule has 5 heteroatoms. The molecule has 1 heterocycles. The Kier molecular flexibility index (Phi) is 5.65. The topological polar surface area (TPSA) is 71.3 Å². The van der Waals surface area contributed by atoms with Gasteiger partial charge in [-0.05, 0) is 23.8 Å². The Hall–Kier alpha value is -3.18. The fraction of sp³-hybridized carbons (Fsp3) is 0.0526. The van der Waals surface area contributed by atoms with Crippen molar-refractivity contribution in [1.82, 2.24) is 10.0 Å². The smallest absolute Gasteiger partial charge is 0.274 e. The monoisotopic (exact) mass is 322 g/mol. The summed E-state index contributed by atoms with van der Waals surface area (Å²) in [4.78, 5) is 23.7. The van der Waals surface area contributed by atoms with Gasteiger partial charge in [0.25, 0.3) is 5.91 Å². The molecule has 0 radical (unpaired) electrons. The third kappa shape index (κ3) is 4.18. The zero-order chi connectivity index (χ0) is 17.5. The van der Waals surface area contributed by atoms with Crippen LogP contribution in [0.15, 0.2) is 66.9 Å². The lowest BCUT2D eigenvalue weighted by Crippen LogP contribution is -2.19. The minimum atomic E-state index is -0.664. The number of allylic oxidation sites excluding steroid dienone is 1. The Balaban J connectivity index is 2.23. The van der Waals surface area contributed by atoms with Gasteiger partial charge in [0, 0.05) is 30.1 Å². The molecule has 0 aliphatic heterocycles. The average molecular weight is 322 g/mol. The molecule has 2 N–H and O–H groups in total. The van der Waals surface area contributed by atoms with Crippen LogP contribution in [0.2, 0.25) is 0 Å². The van der Waals surface area contributed by atoms with Crippen LogP contribution < -0.4 is 5.48 Å². The molecule has 1 amide bonds. The van der Waals surface area contributed by atoms with E-state index in [-0.39, 0.29) is 11.4 Å². The molecule has 0 aliphatic carbocycles. The molecule has 0 spiro atoms. The number of nitrogens with one attached hydrogen (secondary N) is 1. The van der Waals surface area contributed by atoms with Gasteiger partial charge in [-0.25, -0.2) is 5.48 Å². The molecular formula is C19H18N2O3. The molecule has 0 saturated carbocycles. The summed E-state index contributed by atoms with van der Waals surface area (Å²) in [6.07, 6.45) is 7.80. The second-order valence-corrected chi connectivity index (χ2v) is 5.12. The molecule has 0 aliphatic rings. The highest BCUT2D eigenvalue weighted by atomic mass is 16.5. The van der Waals surface area contributed by atoms with E-state index >= 15 is 0 Å². The van der Waals surface area contributed by atoms with E-state index in [9.17, 15) is 9.59 Å². The number of rotatable bonds is 6. The first-order chi connectivity index (χ1) is 11.5. The first-order valence-electron chi connectivity index (χ1n) is 7.27. The van der Waals surface area contributed by atoms with Gasteiger partial charge >= 0.3 is 0 Å². The Morgan fingerprint density at radius 1 is 1.25 bits per heavy atom. The second-order valence-electron chi connectivity index (χ2n) is 5.12. The summed E-state index contributed by atoms with van der Waals surface area (Å²) in [5.41, 5.74) is 3.84. The summed E-state index contributed by atoms with van der Waals surface area (Å²) in [6.45, 7) is 3.53. The van der Waals surface area contributed by atoms with Crippen molar-refractivity contribution in [3.8, 4) is 0 Å². The molecule has 0 fully saturated rings. The fourth-order valence-electron chi connectivity index (χ4n) is 2.13. The van der Waals surface area contributed by atoms with E-state index in [1.165, 1.54) is 18.2 Å². The number of ketones is 1. The van der Waals surface area contributed by atoms with E-state index < -0.39 is 5.91 Å². The van der Waals surface area contributed by atoms with Gasteiger partial charge in [-0.3, -0.25) is 14.8 Å². The number of benzene rings is 1. The number of nitrogens with zero attached hydrogens (tertiary/aromatic N) is 1. The van der Waals surface area contributed by atoms with Crippen molar-refractivity contribution >= 4 is 23.8 Å². The molecule has 0 atom stereocenters. The van der Waals surface area contributed by atoms with Crippen molar-refractivity contribution in [3.63, 3.8) is 0 Å². The van der Waals surface area contributed by atoms with Crippen molar-refractivity contribution in [2.45, 2.75) is 0 Å². The van der Waals surface area contributed by atoms with E-state index in [1.54, 1.807) is 35.4 Å². The van der Waals surface area contributed by atoms with Crippen LogP contribution in [-0.2, 0) is 11.8 Å². The lowest BCUT2D eigenvalue weighted by Gasteiger charge is -2.00. The number of aryl methyl sites for hydroxylation is 1. The highest BCUT2D eigenvalue weighted by molar-refractivity contribution is 6.07. The quantitative estimate of drug-likeness (QED) is 0.282. The molecule has 1 aromatic carbocycles. The summed E-state index contributed by atoms with van der Waals surface area (Å²) >= 11 is 0. The first-order valence-corrected chi connectivity index (χ1v) is 7.27. The lowest BCUT2D eigenvalue weighted by molar-refractivity contribution is -0.124. The van der Waals surface area contributed by atoms with Crippen molar-refractivity contribution in [2.24, 2.45) is 7.05 Å². The average Bonchev–Trinajstić information content (AvgIpc) is 2.98. The SMILES string of the molecule is C=C/C(=C\c1cc(C(=O)/C=C/c2ccccc2)cn1C)C(=O)NO. The van der Waals surface area contributed by atoms with E-state index in [1.807, 2.05) is 30.3 Å². The number of carbonyl (C=O) groups is 2. The Labute approximate surface area is 140 Å². The van der Waals surface area contributed by atoms with Crippen LogP contribution in [0.1, 0.15) is 21.6 Å². The minimum Gasteiger partial charge on any atom is -0.350 e. The van der Waals surface area contributed by atoms with Gasteiger partial charge in [0.2, 0.25) is 0 Å². The zero-order valence-corrected chi connectivity index (χ0v) is 13.3. The normalized spacial score (nSPS) is 11.5. The van der Waals surface area contributed by atoms with Crippen molar-refractivity contribution in [1.29, 1.82) is 0 Å². The molecular weight excluding hydrogens is 304 g/mol. The maximum atomic E-state index is 12.3. The molecule has 2 rings (SSSR count). The fourth-order valence-corrected chi connectivity index (χ4v) is 2.13. The molecule has 122 valence electrons. The number of hydrogen-bond acceptors (Lipinski definition) is 3. The van der Waals surface area contributed by atoms with Crippen LogP contribution in [0.3, 0.4) is 0 Å². The largest absolute Gasteiger partial charge is 0.350 e. The molecule has 0 unspecified atom stereocenters. The highest BCUT2D eigenvalue weighted by Gasteiger charge is 2.10. The standard InChI is InChI=1S/C19H18N2O3/c1-3-15(19(23)20-24)11-17-12-16(13-21(17)2)18(22)10-9-14-7-5-4-6-8-14/h3-13,24H,1H2,2H3,(H,20,23)/b10-9+,15-11+. The van der Waals surface area contributed by atoms with Gasteiger partial charge in [0.15, 0.2) is 5.78 Å². The number of carbonyl (C=O) groups excluding carboxylic acids is 2. The van der Waals surface area contributed by atoms with Gasteiger partial charge in [0.05, 0.1) is 0 Å². The predicted molar refractivity (Wildman–Crippen MR) is 93.3 cm³/mol. The predicted octanol–water partition coefficient (Wildman–Crippen LogP) is 3.00. The second kappa shape index (κ2) is 7.89. The maximum absolute atomic E-state index is 12.3. The summed E-state index contributed by atoms with van der Waals surface area (Å²) in [6, 6.07) is 11.2. The number of aromatic nitrogens is 1. The molecule has 0 bridgehead atoms. The molecule has 5 nitrogen and oxygen atoms in total. The first kappa shape index (κ1) is 17.2. The van der Waals surface area contributed by atoms with Crippen LogP contribution in [-0.4, -0.2) is 21.5 Å². The summed E-state index contributed by atoms with van der Waals surface area (Å²) < 4.78 is 1.72. The zero-order valence-electron chi connectivity index (χ0n) is 13.3. The van der Waals surface area contributed by atoms with Gasteiger partial charge in [-0.2, -0.15) is 0 Å². The maximum Gasteiger partial charge on any atom is 0.274 e. The van der Waals surface area contributed by atoms with Gasteiger partial charge in [-0.15, -0.1) is 0 Å². The van der Waals surface area contributed by atoms with E-state index in [4.69, 9.17) is 5.21 Å². The summed E-state index contributed by atoms with van der Waals surface area (Å²) in [5.74, 6) is -0.802. The van der Waals surface area contributed by atoms with Crippen LogP contribution in [0.4, 0.5) is 0 Å². The summed E-state index contributed by atoms with van der Waals surface area (Å²) in [5, 5.41) is 8.70. The van der Waals surface area contributed by atoms with Crippen molar-refractivity contribution in [2.75, 3.05) is 0 Å². The lowest BCUT2D eigenvalue weighted by atomic mass is 10.1. The third-order valence-electron chi connectivity index (χ3n) is 3.44. The Morgan fingerprint density at radius 3 is 2.58 bits per heavy atom. The van der Waals surface area contributed by atoms with Gasteiger partial charge < -0.3 is 4.57 Å². The summed E-state index contributed by atoms with van der Waals surface area (Å²) in [7, 11) is 1.76. The minimum absolute atomic E-state index is 0.138. The molecule has 0 saturated heterocycles. The van der Waals surface area contributed by atoms with Crippen LogP contribution >= 0.6 is 0 Å². The number of hydroxylamine groups is 1. The Morgan fingerprint density at radius 2 is 1.96 bits per heavy atom. The number of amides is 1. The van der Waals surface area contributed by atoms with Crippen LogP contribution in [0.25, 0.3) is 12.2 Å². The highest BCUT2D eigenvalue weighted by Crippen LogP contribution is 2.14. The Bertz CT molecular complexity index is 814. The van der Waals surface area contributed by atoms with Crippen LogP contribution in [0, 0.1) is 0 Å². The van der Waals surface area contributed by atoms with Gasteiger partial charge in [-0.1, -0.05) is 49.1 Å². The van der Waals surface area contributed by atoms with Crippen molar-refractivity contribution < 1.29 is 14.8 Å². The van der Waals surface area contributed by atoms with Gasteiger partial charge in [0.1, 0.15) is 0 Å². The number of hydrogen-bond donors (Lipinski definition) is 2. The van der Waals surface area contributed by atoms with Crippen LogP contribution in [0.5, 0.6) is 0 Å². The molecule has 2 aromatic rings.